The summed E-state index contributed by atoms with van der Waals surface area (Å²) in [6.07, 6.45) is 0. The van der Waals surface area contributed by atoms with E-state index in [0.29, 0.717) is 0 Å². The molecular weight excluding hydrogens is 487 g/mol. The Hall–Kier alpha value is -4.18. The summed E-state index contributed by atoms with van der Waals surface area (Å²) in [6, 6.07) is 50.2. The Balaban J connectivity index is 1.24. The van der Waals surface area contributed by atoms with E-state index in [4.69, 9.17) is 0 Å². The van der Waals surface area contributed by atoms with Crippen molar-refractivity contribution >= 4 is 59.9 Å². The molecule has 37 heavy (non-hydrogen) atoms. The summed E-state index contributed by atoms with van der Waals surface area (Å²) in [5, 5.41) is 2.60. The number of fused-ring (bicyclic) bond motifs is 2. The Bertz CT molecular complexity index is 1630. The zero-order valence-electron chi connectivity index (χ0n) is 20.0. The summed E-state index contributed by atoms with van der Waals surface area (Å²) in [7, 11) is 0. The van der Waals surface area contributed by atoms with Crippen LogP contribution in [0.5, 0.6) is 0 Å². The average molecular weight is 510 g/mol. The van der Waals surface area contributed by atoms with Crippen LogP contribution in [0.4, 0.5) is 17.1 Å². The fraction of sp³-hybridized carbons (Fsp3) is 0. The zero-order chi connectivity index (χ0) is 24.6. The third kappa shape index (κ3) is 4.23. The second-order valence-electron chi connectivity index (χ2n) is 9.06. The number of para-hydroxylation sites is 1. The van der Waals surface area contributed by atoms with Crippen LogP contribution in [-0.4, -0.2) is 0 Å². The van der Waals surface area contributed by atoms with Crippen molar-refractivity contribution in [2.75, 3.05) is 4.90 Å². The Kier molecular flexibility index (Phi) is 5.58. The predicted molar refractivity (Wildman–Crippen MR) is 163 cm³/mol. The van der Waals surface area contributed by atoms with Crippen molar-refractivity contribution in [3.63, 3.8) is 0 Å². The maximum atomic E-state index is 2.32. The first-order valence-corrected chi connectivity index (χ1v) is 14.0. The molecule has 0 saturated heterocycles. The second kappa shape index (κ2) is 9.36. The van der Waals surface area contributed by atoms with Gasteiger partial charge in [-0.3, -0.25) is 0 Å². The third-order valence-corrected chi connectivity index (χ3v) is 9.02. The van der Waals surface area contributed by atoms with Gasteiger partial charge >= 0.3 is 0 Å². The first kappa shape index (κ1) is 22.1. The molecule has 0 radical (unpaired) electrons. The minimum atomic E-state index is 1.14. The number of thiophene rings is 2. The van der Waals surface area contributed by atoms with Crippen molar-refractivity contribution < 1.29 is 0 Å². The minimum absolute atomic E-state index is 1.14. The van der Waals surface area contributed by atoms with Crippen LogP contribution in [0, 0.1) is 0 Å². The van der Waals surface area contributed by atoms with E-state index in [2.05, 4.69) is 144 Å². The average Bonchev–Trinajstić information content (AvgIpc) is 3.59. The molecule has 0 aliphatic heterocycles. The fourth-order valence-corrected chi connectivity index (χ4v) is 6.96. The Morgan fingerprint density at radius 1 is 0.378 bits per heavy atom. The highest BCUT2D eigenvalue weighted by Gasteiger charge is 2.14. The summed E-state index contributed by atoms with van der Waals surface area (Å²) in [6.45, 7) is 0. The van der Waals surface area contributed by atoms with E-state index in [9.17, 15) is 0 Å². The molecule has 5 aromatic carbocycles. The molecule has 0 bridgehead atoms. The summed E-state index contributed by atoms with van der Waals surface area (Å²) in [5.41, 5.74) is 5.93. The topological polar surface area (TPSA) is 3.24 Å². The van der Waals surface area contributed by atoms with Crippen molar-refractivity contribution in [3.05, 3.63) is 140 Å². The highest BCUT2D eigenvalue weighted by atomic mass is 32.1. The van der Waals surface area contributed by atoms with Crippen LogP contribution < -0.4 is 4.90 Å². The van der Waals surface area contributed by atoms with Gasteiger partial charge in [0.25, 0.3) is 0 Å². The van der Waals surface area contributed by atoms with E-state index in [1.54, 1.807) is 0 Å². The van der Waals surface area contributed by atoms with E-state index < -0.39 is 0 Å². The molecule has 0 aliphatic rings. The second-order valence-corrected chi connectivity index (χ2v) is 11.2. The van der Waals surface area contributed by atoms with Gasteiger partial charge in [0.05, 0.1) is 0 Å². The lowest BCUT2D eigenvalue weighted by Gasteiger charge is -2.25. The van der Waals surface area contributed by atoms with Crippen LogP contribution in [0.3, 0.4) is 0 Å². The number of rotatable bonds is 5. The first-order valence-electron chi connectivity index (χ1n) is 12.4. The SMILES string of the molecule is c1ccc(N(c2ccc(-c3cc4ccccc4s3)cc2)c2ccc(-c3cc4ccccc4s3)cc2)cc1. The fourth-order valence-electron chi connectivity index (χ4n) is 4.82. The van der Waals surface area contributed by atoms with Gasteiger partial charge in [-0.2, -0.15) is 0 Å². The minimum Gasteiger partial charge on any atom is -0.311 e. The summed E-state index contributed by atoms with van der Waals surface area (Å²) >= 11 is 3.69. The van der Waals surface area contributed by atoms with E-state index in [1.807, 2.05) is 22.7 Å². The number of anilines is 3. The van der Waals surface area contributed by atoms with Crippen molar-refractivity contribution in [1.82, 2.24) is 0 Å². The van der Waals surface area contributed by atoms with Crippen LogP contribution in [0.2, 0.25) is 0 Å². The highest BCUT2D eigenvalue weighted by Crippen LogP contribution is 2.39. The van der Waals surface area contributed by atoms with Crippen molar-refractivity contribution in [1.29, 1.82) is 0 Å². The molecule has 7 aromatic rings. The molecular formula is C34H23NS2. The Morgan fingerprint density at radius 3 is 1.24 bits per heavy atom. The van der Waals surface area contributed by atoms with Gasteiger partial charge in [-0.1, -0.05) is 78.9 Å². The number of benzene rings is 5. The van der Waals surface area contributed by atoms with Crippen molar-refractivity contribution in [2.24, 2.45) is 0 Å². The van der Waals surface area contributed by atoms with E-state index in [0.717, 1.165) is 17.1 Å². The normalized spacial score (nSPS) is 11.2. The predicted octanol–water partition coefficient (Wildman–Crippen LogP) is 10.9. The van der Waals surface area contributed by atoms with Gasteiger partial charge in [-0.15, -0.1) is 22.7 Å². The molecule has 1 nitrogen and oxygen atoms in total. The molecule has 0 aliphatic carbocycles. The van der Waals surface area contributed by atoms with Crippen LogP contribution in [-0.2, 0) is 0 Å². The van der Waals surface area contributed by atoms with Gasteiger partial charge < -0.3 is 4.90 Å². The molecule has 0 N–H and O–H groups in total. The maximum Gasteiger partial charge on any atom is 0.0462 e. The summed E-state index contributed by atoms with van der Waals surface area (Å²) < 4.78 is 2.65. The Labute approximate surface area is 224 Å². The number of hydrogen-bond acceptors (Lipinski definition) is 3. The van der Waals surface area contributed by atoms with E-state index >= 15 is 0 Å². The van der Waals surface area contributed by atoms with Crippen LogP contribution in [0.25, 0.3) is 41.1 Å². The molecule has 2 heterocycles. The van der Waals surface area contributed by atoms with Crippen molar-refractivity contribution in [3.8, 4) is 20.9 Å². The van der Waals surface area contributed by atoms with Gasteiger partial charge in [0, 0.05) is 36.2 Å². The summed E-state index contributed by atoms with van der Waals surface area (Å²) in [5.74, 6) is 0. The molecule has 3 heteroatoms. The monoisotopic (exact) mass is 509 g/mol. The van der Waals surface area contributed by atoms with Crippen LogP contribution >= 0.6 is 22.7 Å². The molecule has 0 saturated carbocycles. The smallest absolute Gasteiger partial charge is 0.0462 e. The standard InChI is InChI=1S/C34H23NS2/c1-2-10-28(11-3-1)35(29-18-14-24(15-19-29)33-22-26-8-4-6-12-31(26)36-33)30-20-16-25(17-21-30)34-23-27-9-5-7-13-32(27)37-34/h1-23H. The van der Waals surface area contributed by atoms with E-state index in [-0.39, 0.29) is 0 Å². The molecule has 7 rings (SSSR count). The molecule has 176 valence electrons. The lowest BCUT2D eigenvalue weighted by molar-refractivity contribution is 1.28. The molecule has 0 fully saturated rings. The third-order valence-electron chi connectivity index (χ3n) is 6.69. The first-order chi connectivity index (χ1) is 18.3. The van der Waals surface area contributed by atoms with Gasteiger partial charge in [0.2, 0.25) is 0 Å². The highest BCUT2D eigenvalue weighted by molar-refractivity contribution is 7.22. The van der Waals surface area contributed by atoms with Gasteiger partial charge in [0.15, 0.2) is 0 Å². The van der Waals surface area contributed by atoms with Gasteiger partial charge in [0.1, 0.15) is 0 Å². The number of nitrogens with zero attached hydrogens (tertiary/aromatic N) is 1. The molecule has 0 atom stereocenters. The molecule has 0 amide bonds. The lowest BCUT2D eigenvalue weighted by Crippen LogP contribution is -2.09. The molecule has 0 unspecified atom stereocenters. The largest absolute Gasteiger partial charge is 0.311 e. The molecule has 2 aromatic heterocycles. The van der Waals surface area contributed by atoms with Crippen LogP contribution in [0.1, 0.15) is 0 Å². The Morgan fingerprint density at radius 2 is 0.784 bits per heavy atom. The van der Waals surface area contributed by atoms with Gasteiger partial charge in [-0.25, -0.2) is 0 Å². The van der Waals surface area contributed by atoms with E-state index in [1.165, 1.54) is 41.1 Å². The van der Waals surface area contributed by atoms with Crippen molar-refractivity contribution in [2.45, 2.75) is 0 Å². The quantitative estimate of drug-likeness (QED) is 0.223. The summed E-state index contributed by atoms with van der Waals surface area (Å²) in [4.78, 5) is 4.92. The number of hydrogen-bond donors (Lipinski definition) is 0. The zero-order valence-corrected chi connectivity index (χ0v) is 21.7. The van der Waals surface area contributed by atoms with Crippen LogP contribution in [0.15, 0.2) is 140 Å². The lowest BCUT2D eigenvalue weighted by atomic mass is 10.1. The maximum absolute atomic E-state index is 2.32. The van der Waals surface area contributed by atoms with Gasteiger partial charge in [-0.05, 0) is 82.6 Å². The molecule has 0 spiro atoms.